The average Bonchev–Trinajstić information content (AvgIpc) is 2.76. The van der Waals surface area contributed by atoms with Crippen molar-refractivity contribution < 1.29 is 15.3 Å². The Morgan fingerprint density at radius 3 is 2.52 bits per heavy atom. The quantitative estimate of drug-likeness (QED) is 0.563. The van der Waals surface area contributed by atoms with Crippen molar-refractivity contribution in [2.24, 2.45) is 11.7 Å². The van der Waals surface area contributed by atoms with Gasteiger partial charge in [0.2, 0.25) is 0 Å². The second-order valence-corrected chi connectivity index (χ2v) is 6.86. The maximum atomic E-state index is 9.96. The molecule has 0 fully saturated rings. The van der Waals surface area contributed by atoms with Crippen LogP contribution in [0.15, 0.2) is 30.3 Å². The number of hydrogen-bond donors (Lipinski definition) is 4. The molecule has 23 heavy (non-hydrogen) atoms. The van der Waals surface area contributed by atoms with Crippen molar-refractivity contribution in [2.75, 3.05) is 0 Å². The fourth-order valence-electron chi connectivity index (χ4n) is 4.41. The molecule has 1 unspecified atom stereocenters. The van der Waals surface area contributed by atoms with E-state index < -0.39 is 5.54 Å². The van der Waals surface area contributed by atoms with Crippen LogP contribution in [0.25, 0.3) is 0 Å². The molecule has 4 nitrogen and oxygen atoms in total. The van der Waals surface area contributed by atoms with Gasteiger partial charge in [0.15, 0.2) is 11.5 Å². The van der Waals surface area contributed by atoms with E-state index >= 15 is 0 Å². The first-order valence-corrected chi connectivity index (χ1v) is 8.16. The fourth-order valence-corrected chi connectivity index (χ4v) is 4.41. The maximum Gasteiger partial charge on any atom is 0.157 e. The Balaban J connectivity index is 1.98. The third-order valence-electron chi connectivity index (χ3n) is 5.54. The number of nitrogens with two attached hydrogens (primary N) is 1. The second-order valence-electron chi connectivity index (χ2n) is 6.86. The first kappa shape index (κ1) is 14.4. The molecule has 0 spiro atoms. The first-order chi connectivity index (χ1) is 11.0. The molecule has 2 aromatic carbocycles. The van der Waals surface area contributed by atoms with Gasteiger partial charge in [0.1, 0.15) is 5.75 Å². The number of phenolic OH excluding ortho intramolecular Hbond substituents is 3. The van der Waals surface area contributed by atoms with Crippen LogP contribution in [0.1, 0.15) is 41.5 Å². The Morgan fingerprint density at radius 1 is 0.913 bits per heavy atom. The summed E-state index contributed by atoms with van der Waals surface area (Å²) in [6.45, 7) is 0. The Morgan fingerprint density at radius 2 is 1.70 bits per heavy atom. The molecule has 120 valence electrons. The van der Waals surface area contributed by atoms with Crippen LogP contribution < -0.4 is 5.73 Å². The third kappa shape index (κ3) is 2.01. The van der Waals surface area contributed by atoms with E-state index in [2.05, 4.69) is 0 Å². The average molecular weight is 311 g/mol. The number of rotatable bonds is 0. The van der Waals surface area contributed by atoms with Gasteiger partial charge in [0.05, 0.1) is 5.54 Å². The van der Waals surface area contributed by atoms with Crippen LogP contribution in [0.4, 0.5) is 0 Å². The summed E-state index contributed by atoms with van der Waals surface area (Å²) in [7, 11) is 0. The molecular formula is C19H21NO3. The van der Waals surface area contributed by atoms with Crippen molar-refractivity contribution in [1.82, 2.24) is 0 Å². The first-order valence-electron chi connectivity index (χ1n) is 8.16. The summed E-state index contributed by atoms with van der Waals surface area (Å²) in [5, 5.41) is 29.6. The summed E-state index contributed by atoms with van der Waals surface area (Å²) in [6, 6.07) is 8.67. The Labute approximate surface area is 135 Å². The number of phenols is 3. The van der Waals surface area contributed by atoms with Crippen molar-refractivity contribution in [3.05, 3.63) is 52.6 Å². The van der Waals surface area contributed by atoms with Crippen LogP contribution in [-0.2, 0) is 18.4 Å². The van der Waals surface area contributed by atoms with Crippen LogP contribution in [0.3, 0.4) is 0 Å². The van der Waals surface area contributed by atoms with E-state index in [4.69, 9.17) is 5.73 Å². The van der Waals surface area contributed by atoms with Gasteiger partial charge < -0.3 is 21.1 Å². The van der Waals surface area contributed by atoms with Gasteiger partial charge in [-0.05, 0) is 78.1 Å². The topological polar surface area (TPSA) is 86.7 Å². The molecular weight excluding hydrogens is 290 g/mol. The lowest BCUT2D eigenvalue weighted by Gasteiger charge is -2.37. The predicted molar refractivity (Wildman–Crippen MR) is 87.6 cm³/mol. The SMILES string of the molecule is N[C@@]12c3ccc(O)cc3CCCCC1Cc1cc(O)c(O)cc12. The van der Waals surface area contributed by atoms with E-state index in [1.165, 1.54) is 0 Å². The van der Waals surface area contributed by atoms with E-state index in [0.29, 0.717) is 0 Å². The molecule has 0 heterocycles. The number of aryl methyl sites for hydroxylation is 1. The van der Waals surface area contributed by atoms with Crippen LogP contribution in [-0.4, -0.2) is 15.3 Å². The highest BCUT2D eigenvalue weighted by molar-refractivity contribution is 5.57. The fraction of sp³-hybridized carbons (Fsp3) is 0.368. The van der Waals surface area contributed by atoms with Gasteiger partial charge in [-0.1, -0.05) is 12.5 Å². The Bertz CT molecular complexity index is 786. The monoisotopic (exact) mass is 311 g/mol. The van der Waals surface area contributed by atoms with Crippen LogP contribution in [0, 0.1) is 5.92 Å². The van der Waals surface area contributed by atoms with Gasteiger partial charge in [-0.3, -0.25) is 0 Å². The normalized spacial score (nSPS) is 25.9. The van der Waals surface area contributed by atoms with Crippen molar-refractivity contribution in [3.63, 3.8) is 0 Å². The highest BCUT2D eigenvalue weighted by Gasteiger charge is 2.46. The Kier molecular flexibility index (Phi) is 3.07. The maximum absolute atomic E-state index is 9.96. The lowest BCUT2D eigenvalue weighted by Crippen LogP contribution is -2.44. The van der Waals surface area contributed by atoms with Crippen LogP contribution in [0.2, 0.25) is 0 Å². The second kappa shape index (κ2) is 4.90. The van der Waals surface area contributed by atoms with E-state index in [1.807, 2.05) is 12.1 Å². The minimum atomic E-state index is -0.677. The molecule has 0 saturated heterocycles. The molecule has 0 aliphatic heterocycles. The Hall–Kier alpha value is -2.20. The van der Waals surface area contributed by atoms with Crippen molar-refractivity contribution in [2.45, 2.75) is 37.6 Å². The van der Waals surface area contributed by atoms with Crippen LogP contribution in [0.5, 0.6) is 17.2 Å². The molecule has 0 aromatic heterocycles. The van der Waals surface area contributed by atoms with Crippen molar-refractivity contribution in [1.29, 1.82) is 0 Å². The van der Waals surface area contributed by atoms with Crippen molar-refractivity contribution in [3.8, 4) is 17.2 Å². The summed E-state index contributed by atoms with van der Waals surface area (Å²) in [6.07, 6.45) is 4.89. The molecule has 0 amide bonds. The van der Waals surface area contributed by atoms with Gasteiger partial charge >= 0.3 is 0 Å². The van der Waals surface area contributed by atoms with Gasteiger partial charge in [-0.15, -0.1) is 0 Å². The molecule has 4 rings (SSSR count). The molecule has 5 N–H and O–H groups in total. The molecule has 2 aromatic rings. The van der Waals surface area contributed by atoms with E-state index in [0.717, 1.165) is 54.4 Å². The van der Waals surface area contributed by atoms with E-state index in [-0.39, 0.29) is 23.2 Å². The predicted octanol–water partition coefficient (Wildman–Crippen LogP) is 2.90. The summed E-state index contributed by atoms with van der Waals surface area (Å²) >= 11 is 0. The van der Waals surface area contributed by atoms with Crippen LogP contribution >= 0.6 is 0 Å². The highest BCUT2D eigenvalue weighted by atomic mass is 16.3. The van der Waals surface area contributed by atoms with E-state index in [1.54, 1.807) is 18.2 Å². The largest absolute Gasteiger partial charge is 0.508 e. The number of benzene rings is 2. The number of fused-ring (bicyclic) bond motifs is 5. The van der Waals surface area contributed by atoms with Crippen molar-refractivity contribution >= 4 is 0 Å². The highest BCUT2D eigenvalue weighted by Crippen LogP contribution is 2.51. The van der Waals surface area contributed by atoms with E-state index in [9.17, 15) is 15.3 Å². The minimum absolute atomic E-state index is 0.0902. The molecule has 0 radical (unpaired) electrons. The zero-order valence-electron chi connectivity index (χ0n) is 12.9. The van der Waals surface area contributed by atoms with Gasteiger partial charge in [-0.25, -0.2) is 0 Å². The lowest BCUT2D eigenvalue weighted by atomic mass is 9.72. The summed E-state index contributed by atoms with van der Waals surface area (Å²) in [5.41, 5.74) is 10.3. The molecule has 2 aliphatic carbocycles. The smallest absolute Gasteiger partial charge is 0.157 e. The minimum Gasteiger partial charge on any atom is -0.508 e. The molecule has 2 atom stereocenters. The molecule has 4 heteroatoms. The zero-order valence-corrected chi connectivity index (χ0v) is 12.9. The summed E-state index contributed by atoms with van der Waals surface area (Å²) in [5.74, 6) is 0.280. The van der Waals surface area contributed by atoms with Gasteiger partial charge in [0, 0.05) is 0 Å². The molecule has 0 bridgehead atoms. The van der Waals surface area contributed by atoms with Gasteiger partial charge in [-0.2, -0.15) is 0 Å². The third-order valence-corrected chi connectivity index (χ3v) is 5.54. The number of aromatic hydroxyl groups is 3. The molecule has 0 saturated carbocycles. The molecule has 2 aliphatic rings. The van der Waals surface area contributed by atoms with Gasteiger partial charge in [0.25, 0.3) is 0 Å². The number of hydrogen-bond acceptors (Lipinski definition) is 4. The lowest BCUT2D eigenvalue weighted by molar-refractivity contribution is 0.316. The summed E-state index contributed by atoms with van der Waals surface area (Å²) < 4.78 is 0. The summed E-state index contributed by atoms with van der Waals surface area (Å²) in [4.78, 5) is 0. The zero-order chi connectivity index (χ0) is 16.2. The standard InChI is InChI=1S/C19H21NO3/c20-19-13(7-12-9-17(22)18(23)10-16(12)19)4-2-1-3-11-8-14(21)5-6-15(11)19/h5-6,8-10,13,21-23H,1-4,7,20H2/t13?,19-/m1/s1.